The Kier molecular flexibility index (Phi) is 3.28. The van der Waals surface area contributed by atoms with Crippen molar-refractivity contribution in [1.29, 1.82) is 0 Å². The number of aliphatic carboxylic acids is 1. The number of piperidine rings is 1. The Balaban J connectivity index is 2.46. The SMILES string of the molecule is CC1(C(=O)O)CCN(CC(F)(F)F)CC1. The van der Waals surface area contributed by atoms with Crippen molar-refractivity contribution >= 4 is 5.97 Å². The van der Waals surface area contributed by atoms with Crippen molar-refractivity contribution in [2.24, 2.45) is 5.41 Å². The number of halogens is 3. The van der Waals surface area contributed by atoms with Gasteiger partial charge in [-0.25, -0.2) is 0 Å². The first-order chi connectivity index (χ1) is 6.73. The second kappa shape index (κ2) is 4.00. The van der Waals surface area contributed by atoms with Crippen LogP contribution < -0.4 is 0 Å². The molecule has 0 atom stereocenters. The Morgan fingerprint density at radius 3 is 2.20 bits per heavy atom. The molecule has 6 heteroatoms. The van der Waals surface area contributed by atoms with Gasteiger partial charge in [-0.05, 0) is 32.9 Å². The zero-order chi connectivity index (χ0) is 11.7. The van der Waals surface area contributed by atoms with Gasteiger partial charge in [-0.3, -0.25) is 9.69 Å². The number of hydrogen-bond acceptors (Lipinski definition) is 2. The van der Waals surface area contributed by atoms with Crippen molar-refractivity contribution < 1.29 is 23.1 Å². The molecule has 1 heterocycles. The molecule has 15 heavy (non-hydrogen) atoms. The van der Waals surface area contributed by atoms with Gasteiger partial charge in [0.2, 0.25) is 0 Å². The number of alkyl halides is 3. The maximum atomic E-state index is 12.0. The Hall–Kier alpha value is -0.780. The average Bonchev–Trinajstić information content (AvgIpc) is 2.07. The van der Waals surface area contributed by atoms with E-state index in [1.807, 2.05) is 0 Å². The summed E-state index contributed by atoms with van der Waals surface area (Å²) in [4.78, 5) is 12.1. The van der Waals surface area contributed by atoms with Crippen LogP contribution in [0, 0.1) is 5.41 Å². The standard InChI is InChI=1S/C9H14F3NO2/c1-8(7(14)15)2-4-13(5-3-8)6-9(10,11)12/h2-6H2,1H3,(H,14,15). The van der Waals surface area contributed by atoms with Crippen molar-refractivity contribution in [3.8, 4) is 0 Å². The van der Waals surface area contributed by atoms with E-state index in [4.69, 9.17) is 5.11 Å². The van der Waals surface area contributed by atoms with Crippen LogP contribution >= 0.6 is 0 Å². The summed E-state index contributed by atoms with van der Waals surface area (Å²) in [6.45, 7) is 1.04. The summed E-state index contributed by atoms with van der Waals surface area (Å²) in [5, 5.41) is 8.88. The van der Waals surface area contributed by atoms with Crippen LogP contribution in [0.15, 0.2) is 0 Å². The Morgan fingerprint density at radius 1 is 1.40 bits per heavy atom. The van der Waals surface area contributed by atoms with Crippen LogP contribution in [-0.4, -0.2) is 41.8 Å². The highest BCUT2D eigenvalue weighted by Crippen LogP contribution is 2.32. The first-order valence-corrected chi connectivity index (χ1v) is 4.75. The Labute approximate surface area is 85.9 Å². The van der Waals surface area contributed by atoms with Gasteiger partial charge in [0, 0.05) is 0 Å². The van der Waals surface area contributed by atoms with Gasteiger partial charge >= 0.3 is 12.1 Å². The average molecular weight is 225 g/mol. The molecule has 3 nitrogen and oxygen atoms in total. The maximum absolute atomic E-state index is 12.0. The molecule has 1 fully saturated rings. The molecule has 0 unspecified atom stereocenters. The quantitative estimate of drug-likeness (QED) is 0.778. The zero-order valence-corrected chi connectivity index (χ0v) is 8.47. The normalized spacial score (nSPS) is 22.7. The van der Waals surface area contributed by atoms with Crippen LogP contribution in [0.1, 0.15) is 19.8 Å². The lowest BCUT2D eigenvalue weighted by Crippen LogP contribution is -2.45. The first kappa shape index (κ1) is 12.3. The lowest BCUT2D eigenvalue weighted by atomic mass is 9.80. The van der Waals surface area contributed by atoms with Crippen LogP contribution in [0.25, 0.3) is 0 Å². The van der Waals surface area contributed by atoms with Crippen molar-refractivity contribution in [3.63, 3.8) is 0 Å². The lowest BCUT2D eigenvalue weighted by Gasteiger charge is -2.36. The zero-order valence-electron chi connectivity index (χ0n) is 8.47. The van der Waals surface area contributed by atoms with Crippen molar-refractivity contribution in [3.05, 3.63) is 0 Å². The third-order valence-electron chi connectivity index (χ3n) is 2.88. The summed E-state index contributed by atoms with van der Waals surface area (Å²) in [5.41, 5.74) is -0.859. The summed E-state index contributed by atoms with van der Waals surface area (Å²) in [6, 6.07) is 0. The summed E-state index contributed by atoms with van der Waals surface area (Å²) >= 11 is 0. The van der Waals surface area contributed by atoms with E-state index >= 15 is 0 Å². The van der Waals surface area contributed by atoms with Crippen LogP contribution in [0.4, 0.5) is 13.2 Å². The minimum absolute atomic E-state index is 0.197. The van der Waals surface area contributed by atoms with E-state index in [0.29, 0.717) is 0 Å². The van der Waals surface area contributed by atoms with Gasteiger partial charge in [0.25, 0.3) is 0 Å². The molecule has 0 amide bonds. The van der Waals surface area contributed by atoms with E-state index in [2.05, 4.69) is 0 Å². The monoisotopic (exact) mass is 225 g/mol. The molecule has 0 aliphatic carbocycles. The molecular weight excluding hydrogens is 211 g/mol. The molecule has 0 aromatic rings. The predicted molar refractivity (Wildman–Crippen MR) is 47.5 cm³/mol. The van der Waals surface area contributed by atoms with E-state index in [1.165, 1.54) is 4.90 Å². The second-order valence-corrected chi connectivity index (χ2v) is 4.26. The molecule has 0 aromatic carbocycles. The van der Waals surface area contributed by atoms with Gasteiger partial charge in [-0.15, -0.1) is 0 Å². The third kappa shape index (κ3) is 3.37. The minimum atomic E-state index is -4.20. The number of hydrogen-bond donors (Lipinski definition) is 1. The van der Waals surface area contributed by atoms with E-state index in [1.54, 1.807) is 6.92 Å². The highest BCUT2D eigenvalue weighted by molar-refractivity contribution is 5.74. The molecular formula is C9H14F3NO2. The molecule has 1 rings (SSSR count). The van der Waals surface area contributed by atoms with Crippen molar-refractivity contribution in [2.75, 3.05) is 19.6 Å². The van der Waals surface area contributed by atoms with Gasteiger partial charge in [-0.2, -0.15) is 13.2 Å². The highest BCUT2D eigenvalue weighted by Gasteiger charge is 2.39. The van der Waals surface area contributed by atoms with E-state index in [9.17, 15) is 18.0 Å². The van der Waals surface area contributed by atoms with Gasteiger partial charge < -0.3 is 5.11 Å². The van der Waals surface area contributed by atoms with Crippen LogP contribution in [0.2, 0.25) is 0 Å². The van der Waals surface area contributed by atoms with Crippen LogP contribution in [0.3, 0.4) is 0 Å². The predicted octanol–water partition coefficient (Wildman–Crippen LogP) is 1.74. The molecule has 1 aliphatic rings. The molecule has 0 spiro atoms. The van der Waals surface area contributed by atoms with Crippen LogP contribution in [0.5, 0.6) is 0 Å². The molecule has 1 aliphatic heterocycles. The third-order valence-corrected chi connectivity index (χ3v) is 2.88. The van der Waals surface area contributed by atoms with Gasteiger partial charge in [0.05, 0.1) is 12.0 Å². The fraction of sp³-hybridized carbons (Fsp3) is 0.889. The van der Waals surface area contributed by atoms with Crippen LogP contribution in [-0.2, 0) is 4.79 Å². The molecule has 88 valence electrons. The van der Waals surface area contributed by atoms with Crippen molar-refractivity contribution in [2.45, 2.75) is 25.9 Å². The van der Waals surface area contributed by atoms with E-state index in [-0.39, 0.29) is 25.9 Å². The fourth-order valence-corrected chi connectivity index (χ4v) is 1.67. The molecule has 1 saturated heterocycles. The van der Waals surface area contributed by atoms with Gasteiger partial charge in [-0.1, -0.05) is 0 Å². The lowest BCUT2D eigenvalue weighted by molar-refractivity contribution is -0.159. The smallest absolute Gasteiger partial charge is 0.401 e. The topological polar surface area (TPSA) is 40.5 Å². The number of likely N-dealkylation sites (tertiary alicyclic amines) is 1. The molecule has 0 aromatic heterocycles. The van der Waals surface area contributed by atoms with E-state index < -0.39 is 24.1 Å². The highest BCUT2D eigenvalue weighted by atomic mass is 19.4. The summed E-state index contributed by atoms with van der Waals surface area (Å²) in [6.07, 6.45) is -3.65. The number of carboxylic acid groups (broad SMARTS) is 1. The Bertz CT molecular complexity index is 244. The summed E-state index contributed by atoms with van der Waals surface area (Å²) < 4.78 is 36.1. The van der Waals surface area contributed by atoms with Gasteiger partial charge in [0.1, 0.15) is 0 Å². The number of carboxylic acids is 1. The maximum Gasteiger partial charge on any atom is 0.401 e. The van der Waals surface area contributed by atoms with Crippen molar-refractivity contribution in [1.82, 2.24) is 4.90 Å². The first-order valence-electron chi connectivity index (χ1n) is 4.75. The molecule has 0 saturated carbocycles. The fourth-order valence-electron chi connectivity index (χ4n) is 1.67. The number of nitrogens with zero attached hydrogens (tertiary/aromatic N) is 1. The summed E-state index contributed by atoms with van der Waals surface area (Å²) in [7, 11) is 0. The Morgan fingerprint density at radius 2 is 1.87 bits per heavy atom. The molecule has 0 radical (unpaired) electrons. The minimum Gasteiger partial charge on any atom is -0.481 e. The number of rotatable bonds is 2. The molecule has 1 N–H and O–H groups in total. The summed E-state index contributed by atoms with van der Waals surface area (Å²) in [5.74, 6) is -0.922. The largest absolute Gasteiger partial charge is 0.481 e. The molecule has 0 bridgehead atoms. The van der Waals surface area contributed by atoms with E-state index in [0.717, 1.165) is 0 Å². The second-order valence-electron chi connectivity index (χ2n) is 4.26. The van der Waals surface area contributed by atoms with Gasteiger partial charge in [0.15, 0.2) is 0 Å². The number of carbonyl (C=O) groups is 1.